The van der Waals surface area contributed by atoms with Crippen LogP contribution in [0.1, 0.15) is 31.2 Å². The van der Waals surface area contributed by atoms with E-state index in [1.54, 1.807) is 0 Å². The van der Waals surface area contributed by atoms with Crippen LogP contribution in [0.2, 0.25) is 0 Å². The van der Waals surface area contributed by atoms with Crippen LogP contribution in [0.5, 0.6) is 0 Å². The lowest BCUT2D eigenvalue weighted by Gasteiger charge is -2.31. The summed E-state index contributed by atoms with van der Waals surface area (Å²) in [5.74, 6) is 0.670. The fourth-order valence-corrected chi connectivity index (χ4v) is 2.71. The van der Waals surface area contributed by atoms with Crippen LogP contribution in [0.4, 0.5) is 0 Å². The number of aromatic nitrogens is 2. The van der Waals surface area contributed by atoms with E-state index in [1.165, 1.54) is 31.2 Å². The SMILES string of the molecule is Cc1cnn(CCNC2CCCCC2CN)c1. The first-order valence-electron chi connectivity index (χ1n) is 6.72. The van der Waals surface area contributed by atoms with E-state index in [4.69, 9.17) is 5.73 Å². The quantitative estimate of drug-likeness (QED) is 0.810. The number of nitrogens with zero attached hydrogens (tertiary/aromatic N) is 2. The standard InChI is InChI=1S/C13H24N4/c1-11-9-16-17(10-11)7-6-15-13-5-3-2-4-12(13)8-14/h9-10,12-13,15H,2-8,14H2,1H3. The first-order chi connectivity index (χ1) is 8.29. The molecule has 17 heavy (non-hydrogen) atoms. The molecule has 2 unspecified atom stereocenters. The maximum atomic E-state index is 5.82. The minimum Gasteiger partial charge on any atom is -0.330 e. The highest BCUT2D eigenvalue weighted by Gasteiger charge is 2.22. The third kappa shape index (κ3) is 3.54. The van der Waals surface area contributed by atoms with E-state index in [1.807, 2.05) is 10.9 Å². The minimum absolute atomic E-state index is 0.616. The summed E-state index contributed by atoms with van der Waals surface area (Å²) >= 11 is 0. The molecule has 1 aliphatic carbocycles. The van der Waals surface area contributed by atoms with Crippen molar-refractivity contribution in [2.75, 3.05) is 13.1 Å². The number of aryl methyl sites for hydroxylation is 1. The summed E-state index contributed by atoms with van der Waals surface area (Å²) in [6.07, 6.45) is 9.24. The van der Waals surface area contributed by atoms with Gasteiger partial charge in [-0.1, -0.05) is 12.8 Å². The molecule has 1 fully saturated rings. The smallest absolute Gasteiger partial charge is 0.0534 e. The molecule has 0 radical (unpaired) electrons. The lowest BCUT2D eigenvalue weighted by Crippen LogP contribution is -2.43. The van der Waals surface area contributed by atoms with Gasteiger partial charge < -0.3 is 11.1 Å². The topological polar surface area (TPSA) is 55.9 Å². The second-order valence-corrected chi connectivity index (χ2v) is 5.12. The second kappa shape index (κ2) is 6.17. The van der Waals surface area contributed by atoms with Gasteiger partial charge in [0.15, 0.2) is 0 Å². The maximum absolute atomic E-state index is 5.82. The first-order valence-corrected chi connectivity index (χ1v) is 6.72. The normalized spacial score (nSPS) is 25.1. The van der Waals surface area contributed by atoms with Crippen LogP contribution in [-0.2, 0) is 6.54 Å². The average Bonchev–Trinajstić information content (AvgIpc) is 2.76. The summed E-state index contributed by atoms with van der Waals surface area (Å²) in [6.45, 7) is 4.82. The van der Waals surface area contributed by atoms with Crippen molar-refractivity contribution in [1.82, 2.24) is 15.1 Å². The molecule has 3 N–H and O–H groups in total. The van der Waals surface area contributed by atoms with Crippen LogP contribution in [0.3, 0.4) is 0 Å². The van der Waals surface area contributed by atoms with E-state index in [0.29, 0.717) is 12.0 Å². The molecule has 0 spiro atoms. The summed E-state index contributed by atoms with van der Waals surface area (Å²) in [5, 5.41) is 7.93. The zero-order valence-corrected chi connectivity index (χ0v) is 10.7. The molecular weight excluding hydrogens is 212 g/mol. The summed E-state index contributed by atoms with van der Waals surface area (Å²) in [4.78, 5) is 0. The fraction of sp³-hybridized carbons (Fsp3) is 0.769. The number of hydrogen-bond acceptors (Lipinski definition) is 3. The van der Waals surface area contributed by atoms with Crippen molar-refractivity contribution in [2.24, 2.45) is 11.7 Å². The highest BCUT2D eigenvalue weighted by atomic mass is 15.3. The molecule has 4 heteroatoms. The Kier molecular flexibility index (Phi) is 4.57. The summed E-state index contributed by atoms with van der Waals surface area (Å²) in [6, 6.07) is 0.616. The van der Waals surface area contributed by atoms with Crippen molar-refractivity contribution >= 4 is 0 Å². The van der Waals surface area contributed by atoms with E-state index in [9.17, 15) is 0 Å². The van der Waals surface area contributed by atoms with E-state index in [-0.39, 0.29) is 0 Å². The Labute approximate surface area is 104 Å². The summed E-state index contributed by atoms with van der Waals surface area (Å²) in [7, 11) is 0. The molecule has 0 bridgehead atoms. The van der Waals surface area contributed by atoms with Crippen LogP contribution in [-0.4, -0.2) is 28.9 Å². The van der Waals surface area contributed by atoms with Gasteiger partial charge in [0.25, 0.3) is 0 Å². The van der Waals surface area contributed by atoms with Gasteiger partial charge in [-0.25, -0.2) is 0 Å². The third-order valence-corrected chi connectivity index (χ3v) is 3.72. The number of nitrogens with one attached hydrogen (secondary N) is 1. The highest BCUT2D eigenvalue weighted by Crippen LogP contribution is 2.23. The second-order valence-electron chi connectivity index (χ2n) is 5.12. The number of hydrogen-bond donors (Lipinski definition) is 2. The van der Waals surface area contributed by atoms with Gasteiger partial charge in [-0.3, -0.25) is 4.68 Å². The molecule has 1 saturated carbocycles. The zero-order chi connectivity index (χ0) is 12.1. The van der Waals surface area contributed by atoms with Crippen LogP contribution in [0.15, 0.2) is 12.4 Å². The Hall–Kier alpha value is -0.870. The molecule has 2 rings (SSSR count). The van der Waals surface area contributed by atoms with Crippen LogP contribution < -0.4 is 11.1 Å². The molecule has 1 aromatic rings. The lowest BCUT2D eigenvalue weighted by atomic mass is 9.84. The largest absolute Gasteiger partial charge is 0.330 e. The predicted octanol–water partition coefficient (Wildman–Crippen LogP) is 1.30. The van der Waals surface area contributed by atoms with Gasteiger partial charge in [-0.2, -0.15) is 5.10 Å². The van der Waals surface area contributed by atoms with Crippen molar-refractivity contribution in [3.8, 4) is 0 Å². The Morgan fingerprint density at radius 3 is 3.00 bits per heavy atom. The Morgan fingerprint density at radius 2 is 2.29 bits per heavy atom. The monoisotopic (exact) mass is 236 g/mol. The van der Waals surface area contributed by atoms with Crippen molar-refractivity contribution in [1.29, 1.82) is 0 Å². The van der Waals surface area contributed by atoms with Gasteiger partial charge in [-0.05, 0) is 37.8 Å². The zero-order valence-electron chi connectivity index (χ0n) is 10.7. The minimum atomic E-state index is 0.616. The third-order valence-electron chi connectivity index (χ3n) is 3.72. The van der Waals surface area contributed by atoms with Gasteiger partial charge in [-0.15, -0.1) is 0 Å². The summed E-state index contributed by atoms with van der Waals surface area (Å²) < 4.78 is 2.00. The molecule has 96 valence electrons. The number of rotatable bonds is 5. The van der Waals surface area contributed by atoms with Crippen molar-refractivity contribution in [2.45, 2.75) is 45.2 Å². The van der Waals surface area contributed by atoms with Gasteiger partial charge in [0.2, 0.25) is 0 Å². The Morgan fingerprint density at radius 1 is 1.47 bits per heavy atom. The van der Waals surface area contributed by atoms with Crippen molar-refractivity contribution < 1.29 is 0 Å². The summed E-state index contributed by atoms with van der Waals surface area (Å²) in [5.41, 5.74) is 7.05. The van der Waals surface area contributed by atoms with Gasteiger partial charge >= 0.3 is 0 Å². The van der Waals surface area contributed by atoms with Crippen LogP contribution in [0.25, 0.3) is 0 Å². The van der Waals surface area contributed by atoms with E-state index in [2.05, 4.69) is 23.5 Å². The Bertz CT molecular complexity index is 334. The van der Waals surface area contributed by atoms with E-state index >= 15 is 0 Å². The first kappa shape index (κ1) is 12.6. The van der Waals surface area contributed by atoms with Gasteiger partial charge in [0, 0.05) is 18.8 Å². The Balaban J connectivity index is 1.73. The van der Waals surface area contributed by atoms with E-state index < -0.39 is 0 Å². The van der Waals surface area contributed by atoms with E-state index in [0.717, 1.165) is 19.6 Å². The highest BCUT2D eigenvalue weighted by molar-refractivity contribution is 4.99. The molecule has 1 aliphatic rings. The molecule has 4 nitrogen and oxygen atoms in total. The van der Waals surface area contributed by atoms with Gasteiger partial charge in [0.1, 0.15) is 0 Å². The molecule has 0 aromatic carbocycles. The molecule has 0 saturated heterocycles. The van der Waals surface area contributed by atoms with Crippen molar-refractivity contribution in [3.05, 3.63) is 18.0 Å². The molecule has 1 aromatic heterocycles. The molecule has 2 atom stereocenters. The van der Waals surface area contributed by atoms with Gasteiger partial charge in [0.05, 0.1) is 12.7 Å². The number of nitrogens with two attached hydrogens (primary N) is 1. The molecule has 0 amide bonds. The lowest BCUT2D eigenvalue weighted by molar-refractivity contribution is 0.265. The predicted molar refractivity (Wildman–Crippen MR) is 69.8 cm³/mol. The maximum Gasteiger partial charge on any atom is 0.0534 e. The van der Waals surface area contributed by atoms with Crippen LogP contribution in [0, 0.1) is 12.8 Å². The fourth-order valence-electron chi connectivity index (χ4n) is 2.71. The van der Waals surface area contributed by atoms with Crippen molar-refractivity contribution in [3.63, 3.8) is 0 Å². The molecule has 0 aliphatic heterocycles. The average molecular weight is 236 g/mol. The molecule has 1 heterocycles. The molecular formula is C13H24N4. The van der Waals surface area contributed by atoms with Crippen LogP contribution >= 0.6 is 0 Å².